The van der Waals surface area contributed by atoms with Gasteiger partial charge in [0, 0.05) is 11.4 Å². The summed E-state index contributed by atoms with van der Waals surface area (Å²) < 4.78 is 1.30. The quantitative estimate of drug-likeness (QED) is 0.486. The first-order valence-electron chi connectivity index (χ1n) is 8.28. The first kappa shape index (κ1) is 19.2. The van der Waals surface area contributed by atoms with Crippen molar-refractivity contribution in [3.8, 4) is 0 Å². The molecule has 0 unspecified atom stereocenters. The van der Waals surface area contributed by atoms with Gasteiger partial charge in [-0.25, -0.2) is 0 Å². The lowest BCUT2D eigenvalue weighted by molar-refractivity contribution is -0.386. The summed E-state index contributed by atoms with van der Waals surface area (Å²) in [5.41, 5.74) is 1.64. The molecule has 10 heteroatoms. The van der Waals surface area contributed by atoms with Gasteiger partial charge in [0.2, 0.25) is 5.91 Å². The number of hydrogen-bond acceptors (Lipinski definition) is 6. The van der Waals surface area contributed by atoms with Crippen LogP contribution in [-0.4, -0.2) is 26.5 Å². The van der Waals surface area contributed by atoms with Gasteiger partial charge in [-0.15, -0.1) is 11.3 Å². The summed E-state index contributed by atoms with van der Waals surface area (Å²) in [5.74, 6) is -0.561. The third kappa shape index (κ3) is 4.23. The molecule has 3 aromatic rings. The zero-order valence-electron chi connectivity index (χ0n) is 15.1. The summed E-state index contributed by atoms with van der Waals surface area (Å²) in [7, 11) is 0. The van der Waals surface area contributed by atoms with E-state index in [1.165, 1.54) is 22.9 Å². The number of carbonyl (C=O) groups excluding carboxylic acids is 2. The average molecular weight is 399 g/mol. The molecule has 0 radical (unpaired) electrons. The van der Waals surface area contributed by atoms with Crippen LogP contribution in [0.15, 0.2) is 41.8 Å². The van der Waals surface area contributed by atoms with E-state index in [0.29, 0.717) is 21.9 Å². The summed E-state index contributed by atoms with van der Waals surface area (Å²) in [6.07, 6.45) is 0. The molecule has 144 valence electrons. The summed E-state index contributed by atoms with van der Waals surface area (Å²) in [6, 6.07) is 10.2. The predicted octanol–water partition coefficient (Wildman–Crippen LogP) is 3.36. The van der Waals surface area contributed by atoms with Crippen molar-refractivity contribution in [2.45, 2.75) is 20.4 Å². The molecule has 0 saturated carbocycles. The van der Waals surface area contributed by atoms with Gasteiger partial charge in [0.1, 0.15) is 17.9 Å². The Morgan fingerprint density at radius 2 is 1.79 bits per heavy atom. The van der Waals surface area contributed by atoms with E-state index in [1.54, 1.807) is 43.3 Å². The number of aryl methyl sites for hydroxylation is 1. The van der Waals surface area contributed by atoms with Gasteiger partial charge in [-0.2, -0.15) is 5.10 Å². The van der Waals surface area contributed by atoms with Crippen LogP contribution in [0.2, 0.25) is 0 Å². The second-order valence-electron chi connectivity index (χ2n) is 5.99. The van der Waals surface area contributed by atoms with Crippen molar-refractivity contribution in [2.75, 3.05) is 10.6 Å². The maximum Gasteiger partial charge on any atom is 0.312 e. The lowest BCUT2D eigenvalue weighted by Gasteiger charge is -2.08. The molecular weight excluding hydrogens is 382 g/mol. The first-order chi connectivity index (χ1) is 13.3. The fourth-order valence-electron chi connectivity index (χ4n) is 2.68. The van der Waals surface area contributed by atoms with Crippen LogP contribution in [0.5, 0.6) is 0 Å². The number of nitrogens with zero attached hydrogens (tertiary/aromatic N) is 3. The number of rotatable bonds is 6. The van der Waals surface area contributed by atoms with Crippen LogP contribution in [0.3, 0.4) is 0 Å². The summed E-state index contributed by atoms with van der Waals surface area (Å²) >= 11 is 1.35. The van der Waals surface area contributed by atoms with Gasteiger partial charge < -0.3 is 10.6 Å². The second-order valence-corrected chi connectivity index (χ2v) is 6.94. The van der Waals surface area contributed by atoms with Crippen molar-refractivity contribution in [3.05, 3.63) is 68.2 Å². The van der Waals surface area contributed by atoms with Crippen molar-refractivity contribution >= 4 is 40.2 Å². The average Bonchev–Trinajstić information content (AvgIpc) is 3.25. The van der Waals surface area contributed by atoms with Crippen molar-refractivity contribution in [1.82, 2.24) is 9.78 Å². The van der Waals surface area contributed by atoms with Gasteiger partial charge in [-0.3, -0.25) is 24.4 Å². The Labute approximate surface area is 164 Å². The Morgan fingerprint density at radius 1 is 1.14 bits per heavy atom. The molecule has 0 aliphatic heterocycles. The molecule has 3 rings (SSSR count). The van der Waals surface area contributed by atoms with Gasteiger partial charge in [0.15, 0.2) is 0 Å². The van der Waals surface area contributed by atoms with Crippen molar-refractivity contribution < 1.29 is 14.5 Å². The number of thiophene rings is 1. The number of nitro groups is 1. The highest BCUT2D eigenvalue weighted by atomic mass is 32.1. The molecule has 0 saturated heterocycles. The van der Waals surface area contributed by atoms with Crippen LogP contribution >= 0.6 is 11.3 Å². The minimum Gasteiger partial charge on any atom is -0.324 e. The number of benzene rings is 1. The fourth-order valence-corrected chi connectivity index (χ4v) is 3.30. The molecule has 28 heavy (non-hydrogen) atoms. The number of aromatic nitrogens is 2. The number of amides is 2. The number of carbonyl (C=O) groups is 2. The fraction of sp³-hybridized carbons (Fsp3) is 0.167. The highest BCUT2D eigenvalue weighted by molar-refractivity contribution is 7.12. The smallest absolute Gasteiger partial charge is 0.312 e. The number of hydrogen-bond donors (Lipinski definition) is 2. The van der Waals surface area contributed by atoms with Gasteiger partial charge in [0.25, 0.3) is 5.91 Å². The molecule has 2 aromatic heterocycles. The molecule has 9 nitrogen and oxygen atoms in total. The highest BCUT2D eigenvalue weighted by Gasteiger charge is 2.22. The molecule has 2 N–H and O–H groups in total. The molecule has 2 heterocycles. The monoisotopic (exact) mass is 399 g/mol. The summed E-state index contributed by atoms with van der Waals surface area (Å²) in [5, 5.41) is 22.4. The van der Waals surface area contributed by atoms with Crippen LogP contribution < -0.4 is 10.6 Å². The molecule has 0 fully saturated rings. The Hall–Kier alpha value is -3.53. The minimum absolute atomic E-state index is 0.0846. The molecule has 0 aliphatic rings. The van der Waals surface area contributed by atoms with Crippen molar-refractivity contribution in [1.29, 1.82) is 0 Å². The largest absolute Gasteiger partial charge is 0.324 e. The topological polar surface area (TPSA) is 119 Å². The standard InChI is InChI=1S/C18H17N5O4S/c1-11-17(23(26)27)12(2)22(21-11)10-16(24)19-13-5-7-14(8-6-13)20-18(25)15-4-3-9-28-15/h3-9H,10H2,1-2H3,(H,19,24)(H,20,25). The minimum atomic E-state index is -0.505. The van der Waals surface area contributed by atoms with Crippen LogP contribution in [0.25, 0.3) is 0 Å². The van der Waals surface area contributed by atoms with E-state index in [1.807, 2.05) is 5.38 Å². The van der Waals surface area contributed by atoms with Gasteiger partial charge >= 0.3 is 5.69 Å². The van der Waals surface area contributed by atoms with Gasteiger partial charge in [0.05, 0.1) is 9.80 Å². The Morgan fingerprint density at radius 3 is 2.32 bits per heavy atom. The van der Waals surface area contributed by atoms with Gasteiger partial charge in [-0.05, 0) is 49.6 Å². The van der Waals surface area contributed by atoms with Crippen LogP contribution in [0, 0.1) is 24.0 Å². The molecule has 0 spiro atoms. The number of nitrogens with one attached hydrogen (secondary N) is 2. The van der Waals surface area contributed by atoms with Crippen LogP contribution in [0.1, 0.15) is 21.1 Å². The molecular formula is C18H17N5O4S. The highest BCUT2D eigenvalue weighted by Crippen LogP contribution is 2.22. The zero-order chi connectivity index (χ0) is 20.3. The molecule has 0 atom stereocenters. The van der Waals surface area contributed by atoms with E-state index < -0.39 is 4.92 Å². The summed E-state index contributed by atoms with van der Waals surface area (Å²) in [6.45, 7) is 2.94. The van der Waals surface area contributed by atoms with E-state index in [4.69, 9.17) is 0 Å². The van der Waals surface area contributed by atoms with Crippen LogP contribution in [-0.2, 0) is 11.3 Å². The maximum absolute atomic E-state index is 12.2. The lowest BCUT2D eigenvalue weighted by Crippen LogP contribution is -2.20. The van der Waals surface area contributed by atoms with E-state index in [0.717, 1.165) is 0 Å². The van der Waals surface area contributed by atoms with Gasteiger partial charge in [-0.1, -0.05) is 6.07 Å². The predicted molar refractivity (Wildman–Crippen MR) is 106 cm³/mol. The zero-order valence-corrected chi connectivity index (χ0v) is 15.9. The third-order valence-corrected chi connectivity index (χ3v) is 4.86. The Bertz CT molecular complexity index is 1030. The van der Waals surface area contributed by atoms with E-state index in [9.17, 15) is 19.7 Å². The Balaban J connectivity index is 1.61. The first-order valence-corrected chi connectivity index (χ1v) is 9.16. The van der Waals surface area contributed by atoms with Crippen molar-refractivity contribution in [3.63, 3.8) is 0 Å². The second kappa shape index (κ2) is 8.01. The maximum atomic E-state index is 12.2. The molecule has 2 amide bonds. The Kier molecular flexibility index (Phi) is 5.50. The van der Waals surface area contributed by atoms with Crippen molar-refractivity contribution in [2.24, 2.45) is 0 Å². The molecule has 1 aromatic carbocycles. The number of anilines is 2. The van der Waals surface area contributed by atoms with E-state index in [-0.39, 0.29) is 29.7 Å². The summed E-state index contributed by atoms with van der Waals surface area (Å²) in [4.78, 5) is 35.4. The van der Waals surface area contributed by atoms with E-state index in [2.05, 4.69) is 15.7 Å². The molecule has 0 bridgehead atoms. The molecule has 0 aliphatic carbocycles. The van der Waals surface area contributed by atoms with E-state index >= 15 is 0 Å². The third-order valence-electron chi connectivity index (χ3n) is 3.99. The van der Waals surface area contributed by atoms with Crippen LogP contribution in [0.4, 0.5) is 17.1 Å². The SMILES string of the molecule is Cc1nn(CC(=O)Nc2ccc(NC(=O)c3cccs3)cc2)c(C)c1[N+](=O)[O-]. The lowest BCUT2D eigenvalue weighted by atomic mass is 10.2. The normalized spacial score (nSPS) is 10.5.